The van der Waals surface area contributed by atoms with E-state index in [1.165, 1.54) is 17.5 Å². The third kappa shape index (κ3) is 3.50. The largest absolute Gasteiger partial charge is 0.431 e. The highest BCUT2D eigenvalue weighted by molar-refractivity contribution is 7.14. The van der Waals surface area contributed by atoms with E-state index in [1.807, 2.05) is 55.6 Å². The molecule has 0 spiro atoms. The van der Waals surface area contributed by atoms with Crippen LogP contribution in [0.1, 0.15) is 21.7 Å². The third-order valence-electron chi connectivity index (χ3n) is 4.08. The quantitative estimate of drug-likeness (QED) is 0.557. The van der Waals surface area contributed by atoms with Crippen LogP contribution in [0.25, 0.3) is 22.8 Å². The van der Waals surface area contributed by atoms with E-state index in [1.54, 1.807) is 6.20 Å². The van der Waals surface area contributed by atoms with E-state index in [4.69, 9.17) is 4.42 Å². The van der Waals surface area contributed by atoms with Crippen LogP contribution in [0.5, 0.6) is 0 Å². The Labute approximate surface area is 160 Å². The van der Waals surface area contributed by atoms with Crippen LogP contribution >= 0.6 is 11.3 Å². The van der Waals surface area contributed by atoms with Crippen LogP contribution in [-0.4, -0.2) is 20.9 Å². The maximum absolute atomic E-state index is 12.5. The van der Waals surface area contributed by atoms with Crippen molar-refractivity contribution in [2.75, 3.05) is 5.32 Å². The molecular formula is C20H16N4O2S. The normalized spacial score (nSPS) is 10.7. The minimum atomic E-state index is -0.388. The fraction of sp³-hybridized carbons (Fsp3) is 0.100. The van der Waals surface area contributed by atoms with Gasteiger partial charge >= 0.3 is 0 Å². The van der Waals surface area contributed by atoms with Crippen LogP contribution in [-0.2, 0) is 0 Å². The van der Waals surface area contributed by atoms with Crippen LogP contribution in [0.4, 0.5) is 5.13 Å². The molecule has 0 unspecified atom stereocenters. The first kappa shape index (κ1) is 17.1. The summed E-state index contributed by atoms with van der Waals surface area (Å²) in [7, 11) is 0. The number of benzene rings is 1. The molecule has 0 aliphatic rings. The summed E-state index contributed by atoms with van der Waals surface area (Å²) >= 11 is 1.34. The lowest BCUT2D eigenvalue weighted by Gasteiger charge is -2.01. The van der Waals surface area contributed by atoms with Gasteiger partial charge in [0.05, 0.1) is 11.9 Å². The average Bonchev–Trinajstić information content (AvgIpc) is 3.32. The molecule has 134 valence electrons. The van der Waals surface area contributed by atoms with Crippen molar-refractivity contribution in [1.82, 2.24) is 15.0 Å². The molecule has 0 bridgehead atoms. The van der Waals surface area contributed by atoms with E-state index in [2.05, 4.69) is 20.3 Å². The smallest absolute Gasteiger partial charge is 0.294 e. The first-order valence-corrected chi connectivity index (χ1v) is 9.20. The highest BCUT2D eigenvalue weighted by Crippen LogP contribution is 2.27. The van der Waals surface area contributed by atoms with Crippen molar-refractivity contribution >= 4 is 22.4 Å². The second-order valence-corrected chi connectivity index (χ2v) is 6.86. The number of rotatable bonds is 4. The number of carbonyl (C=O) groups is 1. The van der Waals surface area contributed by atoms with Gasteiger partial charge in [0.1, 0.15) is 5.69 Å². The van der Waals surface area contributed by atoms with Crippen molar-refractivity contribution < 1.29 is 9.21 Å². The topological polar surface area (TPSA) is 80.9 Å². The van der Waals surface area contributed by atoms with Crippen molar-refractivity contribution in [2.24, 2.45) is 0 Å². The van der Waals surface area contributed by atoms with Crippen molar-refractivity contribution in [2.45, 2.75) is 13.8 Å². The van der Waals surface area contributed by atoms with E-state index in [0.717, 1.165) is 28.1 Å². The number of aromatic nitrogens is 3. The summed E-state index contributed by atoms with van der Waals surface area (Å²) in [4.78, 5) is 25.5. The van der Waals surface area contributed by atoms with Crippen LogP contribution in [0.3, 0.4) is 0 Å². The molecule has 0 aliphatic carbocycles. The van der Waals surface area contributed by atoms with Gasteiger partial charge in [0.2, 0.25) is 11.7 Å². The summed E-state index contributed by atoms with van der Waals surface area (Å²) in [6.07, 6.45) is 3.15. The first-order valence-electron chi connectivity index (χ1n) is 8.32. The number of nitrogens with zero attached hydrogens (tertiary/aromatic N) is 3. The summed E-state index contributed by atoms with van der Waals surface area (Å²) in [5.41, 5.74) is 4.45. The van der Waals surface area contributed by atoms with Gasteiger partial charge in [-0.3, -0.25) is 15.1 Å². The molecule has 3 heterocycles. The maximum Gasteiger partial charge on any atom is 0.294 e. The van der Waals surface area contributed by atoms with Gasteiger partial charge in [-0.2, -0.15) is 0 Å². The van der Waals surface area contributed by atoms with Crippen LogP contribution in [0, 0.1) is 13.8 Å². The number of hydrogen-bond acceptors (Lipinski definition) is 6. The second-order valence-electron chi connectivity index (χ2n) is 6.01. The molecule has 0 atom stereocenters. The zero-order chi connectivity index (χ0) is 18.8. The van der Waals surface area contributed by atoms with Gasteiger partial charge in [-0.25, -0.2) is 9.97 Å². The lowest BCUT2D eigenvalue weighted by Crippen LogP contribution is -2.10. The van der Waals surface area contributed by atoms with Gasteiger partial charge in [-0.05, 0) is 37.1 Å². The van der Waals surface area contributed by atoms with Gasteiger partial charge in [0, 0.05) is 17.1 Å². The fourth-order valence-electron chi connectivity index (χ4n) is 2.67. The summed E-state index contributed by atoms with van der Waals surface area (Å²) in [6.45, 7) is 3.94. The highest BCUT2D eigenvalue weighted by atomic mass is 32.1. The summed E-state index contributed by atoms with van der Waals surface area (Å²) in [5, 5.41) is 5.10. The predicted octanol–water partition coefficient (Wildman–Crippen LogP) is 4.73. The number of hydrogen-bond donors (Lipinski definition) is 1. The Hall–Kier alpha value is -3.32. The molecule has 1 aromatic carbocycles. The Bertz CT molecular complexity index is 1120. The molecule has 6 nitrogen and oxygen atoms in total. The molecule has 4 aromatic rings. The lowest BCUT2D eigenvalue weighted by molar-refractivity contribution is 0.0997. The fourth-order valence-corrected chi connectivity index (χ4v) is 3.36. The number of nitrogens with one attached hydrogen (secondary N) is 1. The zero-order valence-corrected chi connectivity index (χ0v) is 15.6. The molecule has 1 N–H and O–H groups in total. The van der Waals surface area contributed by atoms with E-state index < -0.39 is 0 Å². The van der Waals surface area contributed by atoms with Crippen molar-refractivity contribution in [3.63, 3.8) is 0 Å². The van der Waals surface area contributed by atoms with Gasteiger partial charge in [-0.15, -0.1) is 11.3 Å². The summed E-state index contributed by atoms with van der Waals surface area (Å²) < 4.78 is 5.64. The Morgan fingerprint density at radius 2 is 1.89 bits per heavy atom. The van der Waals surface area contributed by atoms with Crippen molar-refractivity contribution in [3.05, 3.63) is 71.1 Å². The molecule has 0 radical (unpaired) electrons. The number of aryl methyl sites for hydroxylation is 2. The second kappa shape index (κ2) is 7.13. The van der Waals surface area contributed by atoms with Crippen molar-refractivity contribution in [3.8, 4) is 22.8 Å². The SMILES string of the molecule is Cc1ccccc1-c1ncc(C(=O)Nc2nc(-c3ncccc3C)cs2)o1. The number of oxazole rings is 1. The van der Waals surface area contributed by atoms with E-state index in [0.29, 0.717) is 11.0 Å². The molecule has 0 fully saturated rings. The Morgan fingerprint density at radius 1 is 1.07 bits per heavy atom. The molecule has 3 aromatic heterocycles. The Balaban J connectivity index is 1.52. The Kier molecular flexibility index (Phi) is 4.52. The molecule has 1 amide bonds. The number of amides is 1. The van der Waals surface area contributed by atoms with E-state index in [9.17, 15) is 4.79 Å². The minimum Gasteiger partial charge on any atom is -0.431 e. The standard InChI is InChI=1S/C20H16N4O2S/c1-12-6-3-4-8-14(12)19-22-10-16(26-19)18(25)24-20-23-15(11-27-20)17-13(2)7-5-9-21-17/h3-11H,1-2H3,(H,23,24,25). The molecule has 7 heteroatoms. The summed E-state index contributed by atoms with van der Waals surface area (Å²) in [5.74, 6) is 0.169. The average molecular weight is 376 g/mol. The van der Waals surface area contributed by atoms with E-state index in [-0.39, 0.29) is 11.7 Å². The minimum absolute atomic E-state index is 0.138. The van der Waals surface area contributed by atoms with Gasteiger partial charge in [0.25, 0.3) is 5.91 Å². The number of anilines is 1. The lowest BCUT2D eigenvalue weighted by atomic mass is 10.1. The highest BCUT2D eigenvalue weighted by Gasteiger charge is 2.17. The third-order valence-corrected chi connectivity index (χ3v) is 4.84. The van der Waals surface area contributed by atoms with Gasteiger partial charge in [0.15, 0.2) is 5.13 Å². The zero-order valence-electron chi connectivity index (χ0n) is 14.8. The van der Waals surface area contributed by atoms with Crippen LogP contribution < -0.4 is 5.32 Å². The Morgan fingerprint density at radius 3 is 2.70 bits per heavy atom. The summed E-state index contributed by atoms with van der Waals surface area (Å²) in [6, 6.07) is 11.6. The molecule has 27 heavy (non-hydrogen) atoms. The van der Waals surface area contributed by atoms with Crippen LogP contribution in [0.15, 0.2) is 58.6 Å². The number of thiazole rings is 1. The maximum atomic E-state index is 12.5. The predicted molar refractivity (Wildman–Crippen MR) is 105 cm³/mol. The van der Waals surface area contributed by atoms with Gasteiger partial charge < -0.3 is 4.42 Å². The molecular weight excluding hydrogens is 360 g/mol. The number of carbonyl (C=O) groups excluding carboxylic acids is 1. The molecule has 0 aliphatic heterocycles. The van der Waals surface area contributed by atoms with Crippen molar-refractivity contribution in [1.29, 1.82) is 0 Å². The monoisotopic (exact) mass is 376 g/mol. The van der Waals surface area contributed by atoms with Gasteiger partial charge in [-0.1, -0.05) is 24.3 Å². The molecule has 0 saturated carbocycles. The van der Waals surface area contributed by atoms with Crippen LogP contribution in [0.2, 0.25) is 0 Å². The molecule has 0 saturated heterocycles. The molecule has 4 rings (SSSR count). The first-order chi connectivity index (χ1) is 13.1. The van der Waals surface area contributed by atoms with E-state index >= 15 is 0 Å². The number of pyridine rings is 1.